The van der Waals surface area contributed by atoms with Crippen LogP contribution in [0.3, 0.4) is 0 Å². The molecular formula is C26H53O6PS. The van der Waals surface area contributed by atoms with E-state index in [0.717, 1.165) is 38.4 Å². The van der Waals surface area contributed by atoms with Crippen LogP contribution in [-0.4, -0.2) is 45.0 Å². The molecule has 4 unspecified atom stereocenters. The van der Waals surface area contributed by atoms with Crippen molar-refractivity contribution in [3.63, 3.8) is 0 Å². The fraction of sp³-hybridized carbons (Fsp3) is 0.962. The summed E-state index contributed by atoms with van der Waals surface area (Å²) in [5, 5.41) is 7.41. The van der Waals surface area contributed by atoms with Gasteiger partial charge < -0.3 is 19.3 Å². The van der Waals surface area contributed by atoms with Gasteiger partial charge in [0.1, 0.15) is 0 Å². The highest BCUT2D eigenvalue weighted by atomic mass is 32.2. The molecule has 204 valence electrons. The Bertz CT molecular complexity index is 561. The first-order valence-corrected chi connectivity index (χ1v) is 16.3. The molecule has 0 fully saturated rings. The van der Waals surface area contributed by atoms with Crippen molar-refractivity contribution in [3.8, 4) is 0 Å². The maximum absolute atomic E-state index is 13.1. The monoisotopic (exact) mass is 524 g/mol. The van der Waals surface area contributed by atoms with E-state index in [2.05, 4.69) is 13.8 Å². The number of aliphatic carboxylic acids is 1. The van der Waals surface area contributed by atoms with Crippen LogP contribution in [0, 0.1) is 0 Å². The van der Waals surface area contributed by atoms with E-state index in [1.54, 1.807) is 18.7 Å². The van der Waals surface area contributed by atoms with Crippen molar-refractivity contribution in [1.82, 2.24) is 0 Å². The van der Waals surface area contributed by atoms with E-state index in [1.165, 1.54) is 64.2 Å². The zero-order valence-electron chi connectivity index (χ0n) is 22.6. The smallest absolute Gasteiger partial charge is 0.371 e. The zero-order chi connectivity index (χ0) is 25.9. The van der Waals surface area contributed by atoms with Crippen LogP contribution in [-0.2, 0) is 18.6 Å². The first-order valence-electron chi connectivity index (χ1n) is 13.7. The third-order valence-corrected chi connectivity index (χ3v) is 9.87. The maximum Gasteiger partial charge on any atom is 0.371 e. The Morgan fingerprint density at radius 1 is 0.882 bits per heavy atom. The molecule has 2 N–H and O–H groups in total. The number of carbonyl (C=O) groups is 1. The van der Waals surface area contributed by atoms with Gasteiger partial charge in [-0.15, -0.1) is 0 Å². The highest BCUT2D eigenvalue weighted by Gasteiger charge is 2.54. The number of hydrogen-bond acceptors (Lipinski definition) is 5. The van der Waals surface area contributed by atoms with E-state index in [0.29, 0.717) is 6.42 Å². The predicted molar refractivity (Wildman–Crippen MR) is 145 cm³/mol. The van der Waals surface area contributed by atoms with Gasteiger partial charge >= 0.3 is 13.6 Å². The van der Waals surface area contributed by atoms with Crippen molar-refractivity contribution in [2.24, 2.45) is 0 Å². The molecule has 0 aromatic carbocycles. The summed E-state index contributed by atoms with van der Waals surface area (Å²) in [6.07, 6.45) is 16.8. The topological polar surface area (TPSA) is 93.1 Å². The van der Waals surface area contributed by atoms with Gasteiger partial charge in [-0.05, 0) is 38.9 Å². The summed E-state index contributed by atoms with van der Waals surface area (Å²) >= 11 is 1.80. The molecule has 0 rings (SSSR count). The molecule has 0 heterocycles. The Hall–Kier alpha value is -0.0700. The van der Waals surface area contributed by atoms with E-state index in [4.69, 9.17) is 9.26 Å². The van der Waals surface area contributed by atoms with Crippen LogP contribution in [0.25, 0.3) is 0 Å². The van der Waals surface area contributed by atoms with Gasteiger partial charge in [-0.25, -0.2) is 4.79 Å². The molecule has 4 atom stereocenters. The van der Waals surface area contributed by atoms with Crippen LogP contribution in [0.4, 0.5) is 0 Å². The summed E-state index contributed by atoms with van der Waals surface area (Å²) in [7, 11) is -4.56. The average Bonchev–Trinajstić information content (AvgIpc) is 2.79. The largest absolute Gasteiger partial charge is 0.479 e. The molecule has 0 aliphatic heterocycles. The molecular weight excluding hydrogens is 471 g/mol. The summed E-state index contributed by atoms with van der Waals surface area (Å²) in [4.78, 5) is 22.5. The number of ether oxygens (including phenoxy) is 1. The number of hydrogen-bond donors (Lipinski definition) is 2. The summed E-state index contributed by atoms with van der Waals surface area (Å²) in [5.41, 5.74) is 0. The van der Waals surface area contributed by atoms with Crippen LogP contribution in [0.1, 0.15) is 131 Å². The predicted octanol–water partition coefficient (Wildman–Crippen LogP) is 8.41. The standard InChI is InChI=1S/C26H53O6PS/c1-6-9-11-13-14-15-17-19-22-34-24(20-18-16-12-10-7-2)23(4)32-33(29,30)26(5,25(27)28)31-21-8-3/h23-24H,6-22H2,1-5H3,(H,27,28)(H,29,30). The highest BCUT2D eigenvalue weighted by molar-refractivity contribution is 7.99. The van der Waals surface area contributed by atoms with Gasteiger partial charge in [0.05, 0.1) is 6.10 Å². The lowest BCUT2D eigenvalue weighted by atomic mass is 10.1. The van der Waals surface area contributed by atoms with Gasteiger partial charge in [0.2, 0.25) is 0 Å². The van der Waals surface area contributed by atoms with Gasteiger partial charge in [0.15, 0.2) is 0 Å². The second-order valence-corrected chi connectivity index (χ2v) is 13.0. The van der Waals surface area contributed by atoms with Gasteiger partial charge in [-0.3, -0.25) is 4.57 Å². The number of rotatable bonds is 24. The first-order chi connectivity index (χ1) is 16.2. The van der Waals surface area contributed by atoms with Gasteiger partial charge in [0, 0.05) is 11.9 Å². The molecule has 0 spiro atoms. The van der Waals surface area contributed by atoms with Gasteiger partial charge in [-0.2, -0.15) is 11.8 Å². The van der Waals surface area contributed by atoms with E-state index < -0.39 is 25.0 Å². The highest BCUT2D eigenvalue weighted by Crippen LogP contribution is 2.57. The second-order valence-electron chi connectivity index (χ2n) is 9.55. The van der Waals surface area contributed by atoms with Crippen LogP contribution < -0.4 is 0 Å². The molecule has 0 saturated carbocycles. The van der Waals surface area contributed by atoms with Gasteiger partial charge in [-0.1, -0.05) is 97.8 Å². The SMILES string of the molecule is CCCCCCCCCCSC(CCCCCCC)C(C)OP(=O)(O)C(C)(OCCC)C(=O)O. The molecule has 6 nitrogen and oxygen atoms in total. The van der Waals surface area contributed by atoms with Crippen molar-refractivity contribution in [2.75, 3.05) is 12.4 Å². The molecule has 0 aromatic rings. The van der Waals surface area contributed by atoms with E-state index in [1.807, 2.05) is 6.92 Å². The number of carboxylic acids is 1. The fourth-order valence-corrected chi connectivity index (χ4v) is 6.54. The van der Waals surface area contributed by atoms with Crippen molar-refractivity contribution in [3.05, 3.63) is 0 Å². The fourth-order valence-electron chi connectivity index (χ4n) is 3.83. The minimum absolute atomic E-state index is 0.0517. The molecule has 0 amide bonds. The lowest BCUT2D eigenvalue weighted by Crippen LogP contribution is -2.40. The van der Waals surface area contributed by atoms with E-state index in [-0.39, 0.29) is 11.9 Å². The zero-order valence-corrected chi connectivity index (χ0v) is 24.3. The minimum Gasteiger partial charge on any atom is -0.479 e. The first kappa shape index (κ1) is 33.9. The van der Waals surface area contributed by atoms with Crippen LogP contribution in [0.5, 0.6) is 0 Å². The Balaban J connectivity index is 4.88. The van der Waals surface area contributed by atoms with Crippen molar-refractivity contribution >= 4 is 25.3 Å². The van der Waals surface area contributed by atoms with E-state index >= 15 is 0 Å². The molecule has 0 aromatic heterocycles. The lowest BCUT2D eigenvalue weighted by molar-refractivity contribution is -0.155. The molecule has 0 aliphatic rings. The third kappa shape index (κ3) is 13.9. The summed E-state index contributed by atoms with van der Waals surface area (Å²) in [6.45, 7) is 9.27. The van der Waals surface area contributed by atoms with Gasteiger partial charge in [0.25, 0.3) is 5.34 Å². The quantitative estimate of drug-likeness (QED) is 0.0967. The summed E-state index contributed by atoms with van der Waals surface area (Å²) < 4.78 is 24.0. The molecule has 8 heteroatoms. The number of unbranched alkanes of at least 4 members (excludes halogenated alkanes) is 11. The van der Waals surface area contributed by atoms with Crippen LogP contribution >= 0.6 is 19.4 Å². The number of carboxylic acid groups (broad SMARTS) is 1. The van der Waals surface area contributed by atoms with Crippen LogP contribution in [0.15, 0.2) is 0 Å². The average molecular weight is 525 g/mol. The lowest BCUT2D eigenvalue weighted by Gasteiger charge is -2.33. The Morgan fingerprint density at radius 2 is 1.38 bits per heavy atom. The van der Waals surface area contributed by atoms with Crippen molar-refractivity contribution in [1.29, 1.82) is 0 Å². The minimum atomic E-state index is -4.56. The second kappa shape index (κ2) is 20.0. The van der Waals surface area contributed by atoms with Crippen molar-refractivity contribution < 1.29 is 28.6 Å². The van der Waals surface area contributed by atoms with Crippen molar-refractivity contribution in [2.45, 2.75) is 148 Å². The molecule has 34 heavy (non-hydrogen) atoms. The third-order valence-electron chi connectivity index (χ3n) is 6.28. The molecule has 0 aliphatic carbocycles. The summed E-state index contributed by atoms with van der Waals surface area (Å²) in [5.74, 6) is -0.484. The number of thioether (sulfide) groups is 1. The maximum atomic E-state index is 13.1. The Kier molecular flexibility index (Phi) is 20.0. The molecule has 0 saturated heterocycles. The summed E-state index contributed by atoms with van der Waals surface area (Å²) in [6, 6.07) is 0. The Morgan fingerprint density at radius 3 is 1.88 bits per heavy atom. The Labute approximate surface area is 213 Å². The molecule has 0 radical (unpaired) electrons. The van der Waals surface area contributed by atoms with Crippen LogP contribution in [0.2, 0.25) is 0 Å². The van der Waals surface area contributed by atoms with E-state index in [9.17, 15) is 19.4 Å². The normalized spacial score (nSPS) is 17.1. The molecule has 0 bridgehead atoms.